The van der Waals surface area contributed by atoms with E-state index in [0.29, 0.717) is 25.0 Å². The maximum atomic E-state index is 12.7. The summed E-state index contributed by atoms with van der Waals surface area (Å²) in [4.78, 5) is 29.6. The molecule has 7 heteroatoms. The summed E-state index contributed by atoms with van der Waals surface area (Å²) in [5.41, 5.74) is 2.46. The van der Waals surface area contributed by atoms with Gasteiger partial charge in [0.25, 0.3) is 0 Å². The molecule has 1 N–H and O–H groups in total. The van der Waals surface area contributed by atoms with Crippen molar-refractivity contribution in [3.63, 3.8) is 0 Å². The summed E-state index contributed by atoms with van der Waals surface area (Å²) in [5.74, 6) is -0.373. The Balaban J connectivity index is 1.35. The smallest absolute Gasteiger partial charge is 0.408 e. The van der Waals surface area contributed by atoms with E-state index in [2.05, 4.69) is 34.3 Å². The Kier molecular flexibility index (Phi) is 6.84. The molecule has 1 fully saturated rings. The van der Waals surface area contributed by atoms with Gasteiger partial charge in [-0.05, 0) is 31.2 Å². The Bertz CT molecular complexity index is 1050. The number of carbonyl (C=O) groups excluding carboxylic acids is 1. The quantitative estimate of drug-likeness (QED) is 0.604. The molecule has 7 nitrogen and oxygen atoms in total. The van der Waals surface area contributed by atoms with Crippen LogP contribution in [0.4, 0.5) is 0 Å². The largest absolute Gasteiger partial charge is 0.419 e. The molecule has 4 rings (SSSR count). The monoisotopic (exact) mass is 422 g/mol. The van der Waals surface area contributed by atoms with Gasteiger partial charge in [-0.25, -0.2) is 4.79 Å². The molecular weight excluding hydrogens is 392 g/mol. The highest BCUT2D eigenvalue weighted by atomic mass is 16.4. The number of para-hydroxylation sites is 2. The molecule has 2 heterocycles. The molecule has 1 saturated heterocycles. The molecule has 0 spiro atoms. The number of rotatable bonds is 8. The summed E-state index contributed by atoms with van der Waals surface area (Å²) in [6, 6.07) is 17.5. The van der Waals surface area contributed by atoms with Gasteiger partial charge in [-0.2, -0.15) is 0 Å². The minimum absolute atomic E-state index is 0.00355. The zero-order valence-corrected chi connectivity index (χ0v) is 18.0. The van der Waals surface area contributed by atoms with E-state index < -0.39 is 0 Å². The first-order valence-electron chi connectivity index (χ1n) is 10.9. The fourth-order valence-electron chi connectivity index (χ4n) is 4.10. The summed E-state index contributed by atoms with van der Waals surface area (Å²) >= 11 is 0. The highest BCUT2D eigenvalue weighted by molar-refractivity contribution is 5.76. The third-order valence-electron chi connectivity index (χ3n) is 5.93. The Morgan fingerprint density at radius 2 is 1.74 bits per heavy atom. The number of carbonyl (C=O) groups is 1. The molecule has 2 aromatic carbocycles. The molecule has 1 aliphatic heterocycles. The molecule has 31 heavy (non-hydrogen) atoms. The minimum atomic E-state index is -0.376. The van der Waals surface area contributed by atoms with Crippen LogP contribution >= 0.6 is 0 Å². The predicted molar refractivity (Wildman–Crippen MR) is 121 cm³/mol. The van der Waals surface area contributed by atoms with Crippen molar-refractivity contribution in [3.8, 4) is 0 Å². The second kappa shape index (κ2) is 9.94. The predicted octanol–water partition coefficient (Wildman–Crippen LogP) is 2.48. The SMILES string of the molecule is CN1CCN(CC(NC(=O)CCCn2c(=O)oc3ccccc32)c2ccccc2)CC1. The van der Waals surface area contributed by atoms with Crippen molar-refractivity contribution < 1.29 is 9.21 Å². The molecule has 1 aliphatic rings. The van der Waals surface area contributed by atoms with Crippen LogP contribution < -0.4 is 11.1 Å². The summed E-state index contributed by atoms with van der Waals surface area (Å²) in [6.45, 7) is 5.36. The first-order valence-corrected chi connectivity index (χ1v) is 10.9. The number of benzene rings is 2. The standard InChI is InChI=1S/C24H30N4O3/c1-26-14-16-27(17-15-26)18-20(19-8-3-2-4-9-19)25-23(29)12-7-13-28-21-10-5-6-11-22(21)31-24(28)30/h2-6,8-11,20H,7,12-18H2,1H3,(H,25,29). The highest BCUT2D eigenvalue weighted by Crippen LogP contribution is 2.16. The van der Waals surface area contributed by atoms with E-state index in [1.54, 1.807) is 10.6 Å². The summed E-state index contributed by atoms with van der Waals surface area (Å²) in [6.07, 6.45) is 0.934. The first kappa shape index (κ1) is 21.3. The average Bonchev–Trinajstić information content (AvgIpc) is 3.10. The first-order chi connectivity index (χ1) is 15.1. The number of likely N-dealkylation sites (N-methyl/N-ethyl adjacent to an activating group) is 1. The van der Waals surface area contributed by atoms with E-state index in [0.717, 1.165) is 43.8 Å². The maximum Gasteiger partial charge on any atom is 0.419 e. The average molecular weight is 423 g/mol. The molecule has 0 aliphatic carbocycles. The summed E-state index contributed by atoms with van der Waals surface area (Å²) in [7, 11) is 2.14. The lowest BCUT2D eigenvalue weighted by atomic mass is 10.1. The van der Waals surface area contributed by atoms with Crippen molar-refractivity contribution in [1.29, 1.82) is 0 Å². The topological polar surface area (TPSA) is 70.7 Å². The number of amides is 1. The molecule has 0 saturated carbocycles. The van der Waals surface area contributed by atoms with Gasteiger partial charge in [0, 0.05) is 45.7 Å². The van der Waals surface area contributed by atoms with Gasteiger partial charge in [0.15, 0.2) is 5.58 Å². The van der Waals surface area contributed by atoms with Gasteiger partial charge in [0.1, 0.15) is 0 Å². The zero-order valence-electron chi connectivity index (χ0n) is 18.0. The number of nitrogens with zero attached hydrogens (tertiary/aromatic N) is 3. The molecule has 0 bridgehead atoms. The van der Waals surface area contributed by atoms with Gasteiger partial charge in [0.2, 0.25) is 5.91 Å². The fourth-order valence-corrected chi connectivity index (χ4v) is 4.10. The van der Waals surface area contributed by atoms with E-state index in [1.807, 2.05) is 36.4 Å². The Morgan fingerprint density at radius 3 is 2.52 bits per heavy atom. The van der Waals surface area contributed by atoms with Crippen LogP contribution in [-0.2, 0) is 11.3 Å². The highest BCUT2D eigenvalue weighted by Gasteiger charge is 2.21. The Labute approximate surface area is 182 Å². The molecule has 1 unspecified atom stereocenters. The van der Waals surface area contributed by atoms with Crippen LogP contribution in [0, 0.1) is 0 Å². The second-order valence-electron chi connectivity index (χ2n) is 8.23. The van der Waals surface area contributed by atoms with Gasteiger partial charge < -0.3 is 14.6 Å². The number of hydrogen-bond acceptors (Lipinski definition) is 5. The Hall–Kier alpha value is -2.90. The van der Waals surface area contributed by atoms with E-state index >= 15 is 0 Å². The van der Waals surface area contributed by atoms with Gasteiger partial charge in [-0.1, -0.05) is 42.5 Å². The number of nitrogens with one attached hydrogen (secondary N) is 1. The molecule has 0 radical (unpaired) electrons. The molecule has 3 aromatic rings. The van der Waals surface area contributed by atoms with Gasteiger partial charge in [-0.3, -0.25) is 14.3 Å². The summed E-state index contributed by atoms with van der Waals surface area (Å²) in [5, 5.41) is 3.22. The van der Waals surface area contributed by atoms with Crippen molar-refractivity contribution >= 4 is 17.0 Å². The van der Waals surface area contributed by atoms with Crippen LogP contribution in [0.3, 0.4) is 0 Å². The van der Waals surface area contributed by atoms with Crippen LogP contribution in [0.2, 0.25) is 0 Å². The lowest BCUT2D eigenvalue weighted by molar-refractivity contribution is -0.122. The van der Waals surface area contributed by atoms with Crippen molar-refractivity contribution in [2.24, 2.45) is 0 Å². The van der Waals surface area contributed by atoms with E-state index in [1.165, 1.54) is 0 Å². The van der Waals surface area contributed by atoms with E-state index in [-0.39, 0.29) is 17.7 Å². The summed E-state index contributed by atoms with van der Waals surface area (Å²) < 4.78 is 6.87. The van der Waals surface area contributed by atoms with Crippen LogP contribution in [-0.4, -0.2) is 60.0 Å². The third kappa shape index (κ3) is 5.42. The number of aryl methyl sites for hydroxylation is 1. The van der Waals surface area contributed by atoms with Gasteiger partial charge >= 0.3 is 5.76 Å². The third-order valence-corrected chi connectivity index (χ3v) is 5.93. The zero-order chi connectivity index (χ0) is 21.6. The number of oxazole rings is 1. The van der Waals surface area contributed by atoms with Crippen LogP contribution in [0.25, 0.3) is 11.1 Å². The number of piperazine rings is 1. The van der Waals surface area contributed by atoms with E-state index in [4.69, 9.17) is 4.42 Å². The van der Waals surface area contributed by atoms with Crippen molar-refractivity contribution in [2.75, 3.05) is 39.8 Å². The molecule has 1 atom stereocenters. The van der Waals surface area contributed by atoms with Gasteiger partial charge in [-0.15, -0.1) is 0 Å². The van der Waals surface area contributed by atoms with Crippen molar-refractivity contribution in [3.05, 3.63) is 70.7 Å². The van der Waals surface area contributed by atoms with E-state index in [9.17, 15) is 9.59 Å². The number of aromatic nitrogens is 1. The number of hydrogen-bond donors (Lipinski definition) is 1. The lowest BCUT2D eigenvalue weighted by Gasteiger charge is -2.35. The van der Waals surface area contributed by atoms with Crippen LogP contribution in [0.1, 0.15) is 24.4 Å². The normalized spacial score (nSPS) is 16.4. The molecule has 1 amide bonds. The second-order valence-corrected chi connectivity index (χ2v) is 8.23. The van der Waals surface area contributed by atoms with Crippen molar-refractivity contribution in [1.82, 2.24) is 19.7 Å². The van der Waals surface area contributed by atoms with Crippen LogP contribution in [0.5, 0.6) is 0 Å². The number of fused-ring (bicyclic) bond motifs is 1. The lowest BCUT2D eigenvalue weighted by Crippen LogP contribution is -2.47. The molecular formula is C24H30N4O3. The fraction of sp³-hybridized carbons (Fsp3) is 0.417. The molecule has 164 valence electrons. The minimum Gasteiger partial charge on any atom is -0.408 e. The maximum absolute atomic E-state index is 12.7. The Morgan fingerprint density at radius 1 is 1.03 bits per heavy atom. The van der Waals surface area contributed by atoms with Crippen molar-refractivity contribution in [2.45, 2.75) is 25.4 Å². The van der Waals surface area contributed by atoms with Gasteiger partial charge in [0.05, 0.1) is 11.6 Å². The van der Waals surface area contributed by atoms with Crippen LogP contribution in [0.15, 0.2) is 63.8 Å². The molecule has 1 aromatic heterocycles.